The average molecular weight is 399 g/mol. The Morgan fingerprint density at radius 1 is 1.03 bits per heavy atom. The molecular weight excluding hydrogens is 378 g/mol. The van der Waals surface area contributed by atoms with Crippen molar-refractivity contribution in [3.8, 4) is 16.9 Å². The predicted molar refractivity (Wildman–Crippen MR) is 116 cm³/mol. The molecule has 3 aromatic carbocycles. The van der Waals surface area contributed by atoms with Gasteiger partial charge < -0.3 is 15.8 Å². The maximum Gasteiger partial charge on any atom is 0.277 e. The predicted octanol–water partition coefficient (Wildman–Crippen LogP) is 3.84. The van der Waals surface area contributed by atoms with Gasteiger partial charge in [0.05, 0.1) is 31.2 Å². The molecule has 1 amide bonds. The average Bonchev–Trinajstić information content (AvgIpc) is 3.25. The van der Waals surface area contributed by atoms with Gasteiger partial charge in [-0.15, -0.1) is 5.10 Å². The number of rotatable bonds is 6. The number of nitrogens with zero attached hydrogens (tertiary/aromatic N) is 3. The summed E-state index contributed by atoms with van der Waals surface area (Å²) >= 11 is 0. The van der Waals surface area contributed by atoms with Gasteiger partial charge in [-0.2, -0.15) is 0 Å². The molecule has 4 rings (SSSR count). The van der Waals surface area contributed by atoms with Crippen molar-refractivity contribution in [3.05, 3.63) is 90.3 Å². The van der Waals surface area contributed by atoms with Gasteiger partial charge in [-0.1, -0.05) is 53.7 Å². The Bertz CT molecular complexity index is 1150. The Morgan fingerprint density at radius 2 is 1.80 bits per heavy atom. The summed E-state index contributed by atoms with van der Waals surface area (Å²) in [6.07, 6.45) is 1.61. The Kier molecular flexibility index (Phi) is 5.43. The van der Waals surface area contributed by atoms with E-state index in [9.17, 15) is 4.79 Å². The zero-order valence-electron chi connectivity index (χ0n) is 16.4. The summed E-state index contributed by atoms with van der Waals surface area (Å²) in [6.45, 7) is 0.496. The molecule has 0 unspecified atom stereocenters. The first-order valence-corrected chi connectivity index (χ1v) is 9.42. The second kappa shape index (κ2) is 8.48. The molecule has 3 N–H and O–H groups in total. The Hall–Kier alpha value is -4.13. The quantitative estimate of drug-likeness (QED) is 0.481. The third-order valence-electron chi connectivity index (χ3n) is 4.68. The van der Waals surface area contributed by atoms with E-state index >= 15 is 0 Å². The minimum Gasteiger partial charge on any atom is -0.497 e. The van der Waals surface area contributed by atoms with Gasteiger partial charge in [-0.05, 0) is 41.0 Å². The van der Waals surface area contributed by atoms with Crippen LogP contribution in [-0.2, 0) is 6.54 Å². The van der Waals surface area contributed by atoms with E-state index in [1.807, 2.05) is 66.7 Å². The molecule has 0 aliphatic heterocycles. The largest absolute Gasteiger partial charge is 0.497 e. The number of carbonyl (C=O) groups is 1. The van der Waals surface area contributed by atoms with Crippen molar-refractivity contribution in [1.82, 2.24) is 15.0 Å². The zero-order chi connectivity index (χ0) is 20.9. The van der Waals surface area contributed by atoms with Crippen LogP contribution in [0, 0.1) is 0 Å². The number of nitrogens with two attached hydrogens (primary N) is 1. The second-order valence-electron chi connectivity index (χ2n) is 6.77. The second-order valence-corrected chi connectivity index (χ2v) is 6.77. The molecule has 1 aromatic heterocycles. The molecule has 0 aliphatic rings. The van der Waals surface area contributed by atoms with E-state index in [0.717, 1.165) is 22.4 Å². The number of ether oxygens (including phenoxy) is 1. The van der Waals surface area contributed by atoms with Crippen molar-refractivity contribution in [3.63, 3.8) is 0 Å². The maximum atomic E-state index is 12.7. The molecule has 150 valence electrons. The number of amides is 1. The number of hydrogen-bond acceptors (Lipinski definition) is 5. The molecule has 0 saturated carbocycles. The number of hydrogen-bond donors (Lipinski definition) is 2. The van der Waals surface area contributed by atoms with Crippen LogP contribution < -0.4 is 15.8 Å². The molecule has 0 aliphatic carbocycles. The highest BCUT2D eigenvalue weighted by molar-refractivity contribution is 6.04. The van der Waals surface area contributed by atoms with Gasteiger partial charge >= 0.3 is 0 Å². The lowest BCUT2D eigenvalue weighted by molar-refractivity contribution is 0.102. The normalized spacial score (nSPS) is 10.6. The zero-order valence-corrected chi connectivity index (χ0v) is 16.4. The topological polar surface area (TPSA) is 95.1 Å². The van der Waals surface area contributed by atoms with Gasteiger partial charge in [0, 0.05) is 0 Å². The summed E-state index contributed by atoms with van der Waals surface area (Å²) in [6, 6.07) is 23.1. The van der Waals surface area contributed by atoms with Gasteiger partial charge in [0.15, 0.2) is 5.69 Å². The van der Waals surface area contributed by atoms with Gasteiger partial charge in [-0.25, -0.2) is 4.68 Å². The van der Waals surface area contributed by atoms with Gasteiger partial charge in [0.2, 0.25) is 0 Å². The molecule has 1 heterocycles. The van der Waals surface area contributed by atoms with Crippen molar-refractivity contribution < 1.29 is 9.53 Å². The molecule has 4 aromatic rings. The summed E-state index contributed by atoms with van der Waals surface area (Å²) in [4.78, 5) is 12.7. The molecule has 0 bridgehead atoms. The molecule has 0 spiro atoms. The fraction of sp³-hybridized carbons (Fsp3) is 0.0870. The molecule has 30 heavy (non-hydrogen) atoms. The molecule has 7 nitrogen and oxygen atoms in total. The van der Waals surface area contributed by atoms with E-state index in [4.69, 9.17) is 10.5 Å². The number of nitrogens with one attached hydrogen (secondary N) is 1. The number of benzene rings is 3. The first-order valence-electron chi connectivity index (χ1n) is 9.42. The lowest BCUT2D eigenvalue weighted by atomic mass is 10.0. The summed E-state index contributed by atoms with van der Waals surface area (Å²) in [5.74, 6) is 0.417. The molecular formula is C23H21N5O2. The van der Waals surface area contributed by atoms with Crippen LogP contribution in [0.25, 0.3) is 11.1 Å². The van der Waals surface area contributed by atoms with Crippen LogP contribution in [0.15, 0.2) is 79.0 Å². The van der Waals surface area contributed by atoms with E-state index < -0.39 is 0 Å². The Labute approximate surface area is 174 Å². The van der Waals surface area contributed by atoms with E-state index in [1.165, 1.54) is 0 Å². The number of anilines is 2. The van der Waals surface area contributed by atoms with Crippen LogP contribution in [0.3, 0.4) is 0 Å². The molecule has 0 atom stereocenters. The minimum absolute atomic E-state index is 0.216. The summed E-state index contributed by atoms with van der Waals surface area (Å²) in [5, 5.41) is 10.9. The van der Waals surface area contributed by atoms with Crippen LogP contribution in [-0.4, -0.2) is 28.0 Å². The van der Waals surface area contributed by atoms with E-state index in [2.05, 4.69) is 15.6 Å². The SMILES string of the molecule is COc1ccc(Cn2cc(C(=O)Nc3cc(-c4ccccc4)ccc3N)nn2)cc1. The summed E-state index contributed by atoms with van der Waals surface area (Å²) < 4.78 is 6.77. The third-order valence-corrected chi connectivity index (χ3v) is 4.68. The highest BCUT2D eigenvalue weighted by Gasteiger charge is 2.13. The van der Waals surface area contributed by atoms with E-state index in [-0.39, 0.29) is 11.6 Å². The van der Waals surface area contributed by atoms with Crippen LogP contribution in [0.4, 0.5) is 11.4 Å². The number of methoxy groups -OCH3 is 1. The number of aromatic nitrogens is 3. The van der Waals surface area contributed by atoms with Crippen LogP contribution >= 0.6 is 0 Å². The smallest absolute Gasteiger partial charge is 0.277 e. The third kappa shape index (κ3) is 4.30. The van der Waals surface area contributed by atoms with Gasteiger partial charge in [0.25, 0.3) is 5.91 Å². The van der Waals surface area contributed by atoms with Crippen LogP contribution in [0.2, 0.25) is 0 Å². The van der Waals surface area contributed by atoms with Crippen molar-refractivity contribution >= 4 is 17.3 Å². The van der Waals surface area contributed by atoms with Crippen LogP contribution in [0.1, 0.15) is 16.1 Å². The fourth-order valence-electron chi connectivity index (χ4n) is 3.06. The molecule has 0 fully saturated rings. The number of carbonyl (C=O) groups excluding carboxylic acids is 1. The molecule has 0 saturated heterocycles. The highest BCUT2D eigenvalue weighted by atomic mass is 16.5. The van der Waals surface area contributed by atoms with Crippen molar-refractivity contribution in [1.29, 1.82) is 0 Å². The maximum absolute atomic E-state index is 12.7. The molecule has 7 heteroatoms. The lowest BCUT2D eigenvalue weighted by Gasteiger charge is -2.09. The Balaban J connectivity index is 1.48. The van der Waals surface area contributed by atoms with Crippen LogP contribution in [0.5, 0.6) is 5.75 Å². The lowest BCUT2D eigenvalue weighted by Crippen LogP contribution is -2.13. The number of nitrogen functional groups attached to an aromatic ring is 1. The Morgan fingerprint density at radius 3 is 2.53 bits per heavy atom. The molecule has 0 radical (unpaired) electrons. The van der Waals surface area contributed by atoms with Gasteiger partial charge in [0.1, 0.15) is 5.75 Å². The fourth-order valence-corrected chi connectivity index (χ4v) is 3.06. The van der Waals surface area contributed by atoms with Crippen molar-refractivity contribution in [2.24, 2.45) is 0 Å². The minimum atomic E-state index is -0.368. The first-order chi connectivity index (χ1) is 14.6. The summed E-state index contributed by atoms with van der Waals surface area (Å²) in [7, 11) is 1.62. The van der Waals surface area contributed by atoms with Crippen molar-refractivity contribution in [2.75, 3.05) is 18.2 Å². The standard InChI is InChI=1S/C23H21N5O2/c1-30-19-10-7-16(8-11-19)14-28-15-22(26-27-28)23(29)25-21-13-18(9-12-20(21)24)17-5-3-2-4-6-17/h2-13,15H,14,24H2,1H3,(H,25,29). The summed E-state index contributed by atoms with van der Waals surface area (Å²) in [5.41, 5.74) is 10.3. The van der Waals surface area contributed by atoms with Gasteiger partial charge in [-0.3, -0.25) is 4.79 Å². The highest BCUT2D eigenvalue weighted by Crippen LogP contribution is 2.27. The van der Waals surface area contributed by atoms with E-state index in [0.29, 0.717) is 17.9 Å². The van der Waals surface area contributed by atoms with Crippen molar-refractivity contribution in [2.45, 2.75) is 6.54 Å². The monoisotopic (exact) mass is 399 g/mol. The van der Waals surface area contributed by atoms with E-state index in [1.54, 1.807) is 24.1 Å². The first kappa shape index (κ1) is 19.2.